The van der Waals surface area contributed by atoms with E-state index in [1.807, 2.05) is 4.90 Å². The topological polar surface area (TPSA) is 57.7 Å². The van der Waals surface area contributed by atoms with Gasteiger partial charge in [0.25, 0.3) is 0 Å². The van der Waals surface area contributed by atoms with Gasteiger partial charge in [0.1, 0.15) is 0 Å². The van der Waals surface area contributed by atoms with Crippen LogP contribution in [0.5, 0.6) is 0 Å². The second-order valence-electron chi connectivity index (χ2n) is 8.28. The highest BCUT2D eigenvalue weighted by atomic mass is 32.2. The van der Waals surface area contributed by atoms with Gasteiger partial charge in [0, 0.05) is 38.1 Å². The van der Waals surface area contributed by atoms with Crippen LogP contribution in [-0.4, -0.2) is 67.9 Å². The van der Waals surface area contributed by atoms with Crippen molar-refractivity contribution in [3.8, 4) is 0 Å². The second-order valence-corrected chi connectivity index (χ2v) is 10.5. The van der Waals surface area contributed by atoms with E-state index in [2.05, 4.69) is 11.8 Å². The number of hydrogen-bond donors (Lipinski definition) is 0. The van der Waals surface area contributed by atoms with Crippen LogP contribution in [0.1, 0.15) is 58.3 Å². The smallest absolute Gasteiger partial charge is 0.225 e. The number of nitrogens with zero attached hydrogens (tertiary/aromatic N) is 2. The summed E-state index contributed by atoms with van der Waals surface area (Å²) in [6, 6.07) is 0.177. The van der Waals surface area contributed by atoms with Gasteiger partial charge in [-0.3, -0.25) is 9.69 Å². The van der Waals surface area contributed by atoms with E-state index in [1.54, 1.807) is 0 Å². The molecule has 2 aliphatic heterocycles. The number of sulfone groups is 1. The predicted molar refractivity (Wildman–Crippen MR) is 100 cm³/mol. The molecule has 1 amide bonds. The van der Waals surface area contributed by atoms with Crippen LogP contribution < -0.4 is 0 Å². The molecule has 0 aromatic rings. The Morgan fingerprint density at radius 3 is 2.24 bits per heavy atom. The number of unbranched alkanes of at least 4 members (excludes halogenated alkanes) is 1. The van der Waals surface area contributed by atoms with Crippen LogP contribution in [0, 0.1) is 11.8 Å². The molecule has 25 heavy (non-hydrogen) atoms. The summed E-state index contributed by atoms with van der Waals surface area (Å²) >= 11 is 0. The molecule has 1 atom stereocenters. The molecule has 3 aliphatic rings. The molecule has 0 aromatic heterocycles. The van der Waals surface area contributed by atoms with Crippen LogP contribution in [0.2, 0.25) is 0 Å². The van der Waals surface area contributed by atoms with Crippen molar-refractivity contribution < 1.29 is 13.2 Å². The third kappa shape index (κ3) is 4.97. The molecule has 2 heterocycles. The minimum atomic E-state index is -2.83. The lowest BCUT2D eigenvalue weighted by Crippen LogP contribution is -2.53. The van der Waals surface area contributed by atoms with Crippen molar-refractivity contribution in [3.63, 3.8) is 0 Å². The van der Waals surface area contributed by atoms with Gasteiger partial charge in [-0.1, -0.05) is 26.2 Å². The minimum absolute atomic E-state index is 0.177. The highest BCUT2D eigenvalue weighted by molar-refractivity contribution is 7.91. The minimum Gasteiger partial charge on any atom is -0.340 e. The lowest BCUT2D eigenvalue weighted by Gasteiger charge is -2.39. The van der Waals surface area contributed by atoms with Gasteiger partial charge in [0.2, 0.25) is 5.91 Å². The lowest BCUT2D eigenvalue weighted by molar-refractivity contribution is -0.139. The molecule has 1 saturated carbocycles. The van der Waals surface area contributed by atoms with E-state index >= 15 is 0 Å². The highest BCUT2D eigenvalue weighted by Crippen LogP contribution is 2.33. The number of hydrogen-bond acceptors (Lipinski definition) is 4. The average molecular weight is 371 g/mol. The van der Waals surface area contributed by atoms with Crippen LogP contribution in [-0.2, 0) is 14.6 Å². The summed E-state index contributed by atoms with van der Waals surface area (Å²) in [7, 11) is -2.83. The van der Waals surface area contributed by atoms with Gasteiger partial charge in [-0.15, -0.1) is 0 Å². The SMILES string of the molecule is CCCCC1CCC(C(=O)N2CCN(C3CCS(=O)(=O)C3)CC2)CC1. The highest BCUT2D eigenvalue weighted by Gasteiger charge is 2.36. The molecule has 144 valence electrons. The van der Waals surface area contributed by atoms with Crippen molar-refractivity contribution >= 4 is 15.7 Å². The second kappa shape index (κ2) is 8.38. The summed E-state index contributed by atoms with van der Waals surface area (Å²) in [5.41, 5.74) is 0. The first-order valence-corrected chi connectivity index (χ1v) is 12.0. The molecule has 3 fully saturated rings. The van der Waals surface area contributed by atoms with Gasteiger partial charge in [0.05, 0.1) is 11.5 Å². The van der Waals surface area contributed by atoms with E-state index in [0.29, 0.717) is 17.4 Å². The van der Waals surface area contributed by atoms with Gasteiger partial charge >= 0.3 is 0 Å². The molecular formula is C19H34N2O3S. The van der Waals surface area contributed by atoms with E-state index in [-0.39, 0.29) is 12.0 Å². The zero-order valence-electron chi connectivity index (χ0n) is 15.7. The van der Waals surface area contributed by atoms with Crippen molar-refractivity contribution in [3.05, 3.63) is 0 Å². The van der Waals surface area contributed by atoms with Crippen LogP contribution in [0.4, 0.5) is 0 Å². The molecule has 1 unspecified atom stereocenters. The van der Waals surface area contributed by atoms with Crippen LogP contribution in [0.3, 0.4) is 0 Å². The Morgan fingerprint density at radius 1 is 1.00 bits per heavy atom. The predicted octanol–water partition coefficient (Wildman–Crippen LogP) is 2.31. The molecule has 0 spiro atoms. The molecule has 2 saturated heterocycles. The summed E-state index contributed by atoms with van der Waals surface area (Å²) in [6.45, 7) is 5.45. The van der Waals surface area contributed by atoms with Gasteiger partial charge in [-0.2, -0.15) is 0 Å². The number of amides is 1. The molecule has 6 heteroatoms. The molecule has 0 bridgehead atoms. The number of rotatable bonds is 5. The first kappa shape index (κ1) is 19.2. The van der Waals surface area contributed by atoms with Gasteiger partial charge < -0.3 is 4.90 Å². The normalized spacial score (nSPS) is 33.5. The first-order valence-electron chi connectivity index (χ1n) is 10.2. The molecule has 0 aromatic carbocycles. The number of piperazine rings is 1. The third-order valence-electron chi connectivity index (χ3n) is 6.51. The fourth-order valence-corrected chi connectivity index (χ4v) is 6.58. The molecule has 3 rings (SSSR count). The van der Waals surface area contributed by atoms with Crippen LogP contribution in [0.25, 0.3) is 0 Å². The van der Waals surface area contributed by atoms with Crippen molar-refractivity contribution in [1.82, 2.24) is 9.80 Å². The van der Waals surface area contributed by atoms with Gasteiger partial charge in [-0.25, -0.2) is 8.42 Å². The zero-order chi connectivity index (χ0) is 17.9. The largest absolute Gasteiger partial charge is 0.340 e. The summed E-state index contributed by atoms with van der Waals surface area (Å²) in [6.07, 6.45) is 9.25. The molecular weight excluding hydrogens is 336 g/mol. The monoisotopic (exact) mass is 370 g/mol. The first-order chi connectivity index (χ1) is 12.0. The number of carbonyl (C=O) groups excluding carboxylic acids is 1. The van der Waals surface area contributed by atoms with E-state index < -0.39 is 9.84 Å². The summed E-state index contributed by atoms with van der Waals surface area (Å²) < 4.78 is 23.3. The van der Waals surface area contributed by atoms with E-state index in [4.69, 9.17) is 0 Å². The van der Waals surface area contributed by atoms with Crippen molar-refractivity contribution in [2.45, 2.75) is 64.3 Å². The number of carbonyl (C=O) groups is 1. The lowest BCUT2D eigenvalue weighted by atomic mass is 9.79. The molecule has 0 N–H and O–H groups in total. The zero-order valence-corrected chi connectivity index (χ0v) is 16.5. The van der Waals surface area contributed by atoms with Crippen LogP contribution in [0.15, 0.2) is 0 Å². The fraction of sp³-hybridized carbons (Fsp3) is 0.947. The van der Waals surface area contributed by atoms with E-state index in [0.717, 1.165) is 51.4 Å². The van der Waals surface area contributed by atoms with Crippen molar-refractivity contribution in [2.24, 2.45) is 11.8 Å². The summed E-state index contributed by atoms with van der Waals surface area (Å²) in [4.78, 5) is 17.1. The Bertz CT molecular complexity index is 547. The van der Waals surface area contributed by atoms with Gasteiger partial charge in [0.15, 0.2) is 9.84 Å². The fourth-order valence-electron chi connectivity index (χ4n) is 4.82. The standard InChI is InChI=1S/C19H34N2O3S/c1-2-3-4-16-5-7-17(8-6-16)19(22)21-12-10-20(11-13-21)18-9-14-25(23,24)15-18/h16-18H,2-15H2,1H3. The maximum atomic E-state index is 12.8. The quantitative estimate of drug-likeness (QED) is 0.745. The van der Waals surface area contributed by atoms with E-state index in [1.165, 1.54) is 32.1 Å². The van der Waals surface area contributed by atoms with Gasteiger partial charge in [-0.05, 0) is 38.0 Å². The Kier molecular flexibility index (Phi) is 6.42. The Morgan fingerprint density at radius 2 is 1.68 bits per heavy atom. The average Bonchev–Trinajstić information content (AvgIpc) is 3.00. The maximum Gasteiger partial charge on any atom is 0.225 e. The Hall–Kier alpha value is -0.620. The Balaban J connectivity index is 1.42. The molecule has 0 radical (unpaired) electrons. The van der Waals surface area contributed by atoms with Crippen LogP contribution >= 0.6 is 0 Å². The van der Waals surface area contributed by atoms with Crippen molar-refractivity contribution in [2.75, 3.05) is 37.7 Å². The molecule has 5 nitrogen and oxygen atoms in total. The molecule has 1 aliphatic carbocycles. The summed E-state index contributed by atoms with van der Waals surface area (Å²) in [5, 5.41) is 0. The van der Waals surface area contributed by atoms with E-state index in [9.17, 15) is 13.2 Å². The van der Waals surface area contributed by atoms with Crippen molar-refractivity contribution in [1.29, 1.82) is 0 Å². The maximum absolute atomic E-state index is 12.8. The summed E-state index contributed by atoms with van der Waals surface area (Å²) in [5.74, 6) is 2.06. The third-order valence-corrected chi connectivity index (χ3v) is 8.26. The Labute approximate surface area is 153 Å².